The molecule has 12 nitrogen and oxygen atoms in total. The molecule has 2 heterocycles. The Balaban J connectivity index is 0.000000900. The minimum absolute atomic E-state index is 0. The summed E-state index contributed by atoms with van der Waals surface area (Å²) >= 11 is 0. The van der Waals surface area contributed by atoms with Crippen LogP contribution < -0.4 is 0 Å². The van der Waals surface area contributed by atoms with E-state index in [2.05, 4.69) is 0 Å². The van der Waals surface area contributed by atoms with Crippen molar-refractivity contribution in [2.75, 3.05) is 86.8 Å². The van der Waals surface area contributed by atoms with Gasteiger partial charge in [0.1, 0.15) is 0 Å². The van der Waals surface area contributed by atoms with Crippen molar-refractivity contribution in [1.82, 2.24) is 9.80 Å². The standard InChI is InChI=1S/C44H43N2O10.C5H5.Fe/c1-51-17-19-53-21-23-55-25-28(26-56-24-22-54-20-18-52-2)46-43(49)35-13-9-31-29-7-11-33-39-34(42(48)45(41(33)47)16-15-27-5-3-4-6-27)12-8-30(37(29)39)32-10-14-36(44(46)50)40(35)38(31)32;1-2-4-5-3-1;/h3-14,28H,15-26H2,1-2H3;1-5H;/q;;+2. The van der Waals surface area contributed by atoms with Gasteiger partial charge in [0, 0.05) is 53.8 Å². The predicted molar refractivity (Wildman–Crippen MR) is 231 cm³/mol. The number of imide groups is 2. The van der Waals surface area contributed by atoms with Crippen molar-refractivity contribution in [2.24, 2.45) is 0 Å². The fraction of sp³-hybridized carbons (Fsp3) is 0.306. The predicted octanol–water partition coefficient (Wildman–Crippen LogP) is 6.47. The van der Waals surface area contributed by atoms with Gasteiger partial charge in [-0.3, -0.25) is 29.0 Å². The summed E-state index contributed by atoms with van der Waals surface area (Å²) in [5, 5.41) is 6.14. The van der Waals surface area contributed by atoms with Gasteiger partial charge < -0.3 is 28.4 Å². The van der Waals surface area contributed by atoms with Crippen LogP contribution in [0.4, 0.5) is 0 Å². The Morgan fingerprint density at radius 3 is 1.23 bits per heavy atom. The number of methoxy groups -OCH3 is 2. The van der Waals surface area contributed by atoms with Crippen LogP contribution in [0.15, 0.2) is 48.5 Å². The number of benzene rings is 5. The van der Waals surface area contributed by atoms with Crippen molar-refractivity contribution in [3.05, 3.63) is 134 Å². The first-order valence-electron chi connectivity index (χ1n) is 20.5. The van der Waals surface area contributed by atoms with Crippen LogP contribution in [0.2, 0.25) is 0 Å². The van der Waals surface area contributed by atoms with E-state index in [1.807, 2.05) is 82.1 Å². The summed E-state index contributed by atoms with van der Waals surface area (Å²) in [6.45, 7) is 3.33. The molecule has 62 heavy (non-hydrogen) atoms. The van der Waals surface area contributed by atoms with E-state index in [1.54, 1.807) is 38.5 Å². The number of hydrogen-bond donors (Lipinski definition) is 0. The molecule has 0 aromatic heterocycles. The second kappa shape index (κ2) is 21.6. The molecular weight excluding hydrogens is 832 g/mol. The third-order valence-corrected chi connectivity index (χ3v) is 11.3. The zero-order chi connectivity index (χ0) is 42.3. The number of carbonyl (C=O) groups excluding carboxylic acids is 4. The second-order valence-electron chi connectivity index (χ2n) is 14.9. The fourth-order valence-corrected chi connectivity index (χ4v) is 8.37. The van der Waals surface area contributed by atoms with E-state index in [1.165, 1.54) is 9.80 Å². The Bertz CT molecular complexity index is 2230. The van der Waals surface area contributed by atoms with E-state index in [4.69, 9.17) is 28.4 Å². The summed E-state index contributed by atoms with van der Waals surface area (Å²) in [6.07, 6.45) is 18.4. The van der Waals surface area contributed by atoms with Crippen molar-refractivity contribution in [1.29, 1.82) is 0 Å². The number of fused-ring (bicyclic) bond motifs is 2. The van der Waals surface area contributed by atoms with Crippen LogP contribution in [-0.4, -0.2) is 126 Å². The Kier molecular flexibility index (Phi) is 16.0. The molecule has 9 rings (SSSR count). The molecule has 0 atom stereocenters. The van der Waals surface area contributed by atoms with Crippen LogP contribution in [0.3, 0.4) is 0 Å². The number of nitrogens with zero attached hydrogens (tertiary/aromatic N) is 2. The van der Waals surface area contributed by atoms with Gasteiger partial charge in [0.15, 0.2) is 0 Å². The maximum absolute atomic E-state index is 14.4. The van der Waals surface area contributed by atoms with Gasteiger partial charge in [-0.1, -0.05) is 24.3 Å². The smallest absolute Gasteiger partial charge is 0.382 e. The van der Waals surface area contributed by atoms with E-state index in [9.17, 15) is 19.2 Å². The Morgan fingerprint density at radius 2 is 0.823 bits per heavy atom. The maximum atomic E-state index is 14.4. The molecule has 0 unspecified atom stereocenters. The van der Waals surface area contributed by atoms with E-state index in [-0.39, 0.29) is 61.9 Å². The van der Waals surface area contributed by atoms with E-state index >= 15 is 0 Å². The minimum atomic E-state index is -0.723. The molecule has 320 valence electrons. The molecule has 2 aliphatic carbocycles. The van der Waals surface area contributed by atoms with Gasteiger partial charge in [0.25, 0.3) is 23.6 Å². The van der Waals surface area contributed by atoms with Crippen molar-refractivity contribution in [2.45, 2.75) is 12.5 Å². The number of amides is 4. The largest absolute Gasteiger partial charge is 2.00 e. The zero-order valence-corrected chi connectivity index (χ0v) is 35.8. The summed E-state index contributed by atoms with van der Waals surface area (Å²) in [6, 6.07) is 14.0. The average Bonchev–Trinajstić information content (AvgIpc) is 4.05. The SMILES string of the molecule is COCCOCCOCC(COCCOCCOC)N1C(=O)c2ccc3c4ccc5c6c(ccc(c7ccc(c2c37)C1=O)c64)C(=O)N(CC[C]1[CH][CH][CH][CH]1)C5=O.[CH]1[CH][CH][CH][CH]1.[Fe+2]. The third-order valence-electron chi connectivity index (χ3n) is 11.3. The molecule has 0 saturated heterocycles. The molecule has 2 saturated carbocycles. The normalized spacial score (nSPS) is 16.5. The van der Waals surface area contributed by atoms with Gasteiger partial charge in [-0.2, -0.15) is 0 Å². The van der Waals surface area contributed by atoms with Crippen LogP contribution in [-0.2, 0) is 45.5 Å². The van der Waals surface area contributed by atoms with E-state index in [0.29, 0.717) is 79.1 Å². The van der Waals surface area contributed by atoms with Crippen LogP contribution >= 0.6 is 0 Å². The molecule has 0 N–H and O–H groups in total. The van der Waals surface area contributed by atoms with Crippen molar-refractivity contribution < 1.29 is 64.7 Å². The monoisotopic (exact) mass is 880 g/mol. The number of rotatable bonds is 20. The van der Waals surface area contributed by atoms with Crippen LogP contribution in [0, 0.1) is 63.7 Å². The minimum Gasteiger partial charge on any atom is -0.382 e. The number of carbonyl (C=O) groups is 4. The van der Waals surface area contributed by atoms with Crippen molar-refractivity contribution in [3.63, 3.8) is 0 Å². The molecular formula is C49H48FeN2O10+2. The molecule has 0 bridgehead atoms. The first-order chi connectivity index (χ1) is 29.9. The molecule has 5 aromatic carbocycles. The topological polar surface area (TPSA) is 130 Å². The molecule has 0 spiro atoms. The Labute approximate surface area is 373 Å². The first kappa shape index (κ1) is 46.0. The molecule has 13 heteroatoms. The fourth-order valence-electron chi connectivity index (χ4n) is 8.37. The summed E-state index contributed by atoms with van der Waals surface area (Å²) in [4.78, 5) is 59.3. The van der Waals surface area contributed by atoms with Gasteiger partial charge in [-0.05, 0) is 127 Å². The van der Waals surface area contributed by atoms with Gasteiger partial charge in [0.2, 0.25) is 0 Å². The molecule has 5 aromatic rings. The van der Waals surface area contributed by atoms with Crippen LogP contribution in [0.5, 0.6) is 0 Å². The van der Waals surface area contributed by atoms with Gasteiger partial charge in [0.05, 0.1) is 72.1 Å². The molecule has 2 aliphatic heterocycles. The maximum Gasteiger partial charge on any atom is 2.00 e. The number of ether oxygens (including phenoxy) is 6. The Morgan fingerprint density at radius 1 is 0.452 bits per heavy atom. The molecule has 2 fully saturated rings. The van der Waals surface area contributed by atoms with Gasteiger partial charge >= 0.3 is 17.1 Å². The quantitative estimate of drug-likeness (QED) is 0.0282. The van der Waals surface area contributed by atoms with E-state index in [0.717, 1.165) is 38.2 Å². The summed E-state index contributed by atoms with van der Waals surface area (Å²) in [5.74, 6) is -0.445. The summed E-state index contributed by atoms with van der Waals surface area (Å²) in [5.41, 5.74) is 1.76. The van der Waals surface area contributed by atoms with Crippen LogP contribution in [0.25, 0.3) is 43.1 Å². The third kappa shape index (κ3) is 9.28. The van der Waals surface area contributed by atoms with Crippen molar-refractivity contribution in [3.8, 4) is 0 Å². The molecule has 4 aliphatic rings. The van der Waals surface area contributed by atoms with Crippen LogP contribution in [0.1, 0.15) is 47.9 Å². The van der Waals surface area contributed by atoms with Gasteiger partial charge in [-0.25, -0.2) is 0 Å². The average molecular weight is 881 g/mol. The first-order valence-corrected chi connectivity index (χ1v) is 20.5. The molecule has 10 radical (unpaired) electrons. The van der Waals surface area contributed by atoms with Gasteiger partial charge in [-0.15, -0.1) is 0 Å². The Hall–Kier alpha value is -4.04. The zero-order valence-electron chi connectivity index (χ0n) is 34.7. The van der Waals surface area contributed by atoms with E-state index < -0.39 is 17.9 Å². The summed E-state index contributed by atoms with van der Waals surface area (Å²) < 4.78 is 33.0. The van der Waals surface area contributed by atoms with Crippen molar-refractivity contribution >= 4 is 66.7 Å². The summed E-state index contributed by atoms with van der Waals surface area (Å²) in [7, 11) is 3.20. The second-order valence-corrected chi connectivity index (χ2v) is 14.9. The number of hydrogen-bond acceptors (Lipinski definition) is 10. The molecule has 4 amide bonds.